The van der Waals surface area contributed by atoms with E-state index in [-0.39, 0.29) is 16.2 Å². The molecule has 0 aliphatic carbocycles. The number of anilines is 6. The van der Waals surface area contributed by atoms with E-state index in [2.05, 4.69) is 173 Å². The third-order valence-electron chi connectivity index (χ3n) is 8.51. The molecule has 2 nitrogen and oxygen atoms in total. The fraction of sp³-hybridized carbons (Fsp3) is 0.286. The Labute approximate surface area is 300 Å². The van der Waals surface area contributed by atoms with Gasteiger partial charge in [0.2, 0.25) is 0 Å². The highest BCUT2D eigenvalue weighted by Gasteiger charge is 2.27. The lowest BCUT2D eigenvalue weighted by atomic mass is 9.85. The minimum atomic E-state index is -0.134. The van der Waals surface area contributed by atoms with E-state index in [0.717, 1.165) is 38.6 Å². The quantitative estimate of drug-likeness (QED) is 0.172. The molecule has 0 aromatic heterocycles. The summed E-state index contributed by atoms with van der Waals surface area (Å²) in [6.45, 7) is 20.3. The van der Waals surface area contributed by atoms with Crippen molar-refractivity contribution in [2.75, 3.05) is 9.80 Å². The van der Waals surface area contributed by atoms with Crippen LogP contribution in [0.4, 0.5) is 34.1 Å². The van der Waals surface area contributed by atoms with Gasteiger partial charge < -0.3 is 9.80 Å². The fourth-order valence-corrected chi connectivity index (χ4v) is 6.44. The Kier molecular flexibility index (Phi) is 9.96. The van der Waals surface area contributed by atoms with Gasteiger partial charge in [-0.2, -0.15) is 0 Å². The van der Waals surface area contributed by atoms with Crippen molar-refractivity contribution >= 4 is 73.3 Å². The van der Waals surface area contributed by atoms with Gasteiger partial charge in [-0.1, -0.05) is 110 Å². The highest BCUT2D eigenvalue weighted by Crippen LogP contribution is 2.49. The maximum atomic E-state index is 6.42. The highest BCUT2D eigenvalue weighted by atomic mass is 79.9. The van der Waals surface area contributed by atoms with Crippen LogP contribution < -0.4 is 9.80 Å². The van der Waals surface area contributed by atoms with Gasteiger partial charge in [-0.25, -0.2) is 0 Å². The van der Waals surface area contributed by atoms with Gasteiger partial charge in [0.15, 0.2) is 0 Å². The smallest absolute Gasteiger partial charge is 0.0657 e. The summed E-state index contributed by atoms with van der Waals surface area (Å²) in [5.41, 5.74) is 9.89. The Bertz CT molecular complexity index is 1840. The molecule has 47 heavy (non-hydrogen) atoms. The van der Waals surface area contributed by atoms with Crippen molar-refractivity contribution < 1.29 is 0 Å². The average molecular weight is 729 g/mol. The van der Waals surface area contributed by atoms with Crippen LogP contribution in [0.1, 0.15) is 79.0 Å². The Morgan fingerprint density at radius 1 is 0.426 bits per heavy atom. The van der Waals surface area contributed by atoms with Crippen molar-refractivity contribution in [3.8, 4) is 0 Å². The molecule has 0 bridgehead atoms. The minimum Gasteiger partial charge on any atom is -0.309 e. The first-order chi connectivity index (χ1) is 21.9. The van der Waals surface area contributed by atoms with Crippen LogP contribution in [0.25, 0.3) is 0 Å². The van der Waals surface area contributed by atoms with E-state index in [0.29, 0.717) is 10.0 Å². The van der Waals surface area contributed by atoms with Crippen molar-refractivity contribution in [3.63, 3.8) is 0 Å². The van der Waals surface area contributed by atoms with Gasteiger partial charge in [-0.3, -0.25) is 0 Å². The number of rotatable bonds is 6. The summed E-state index contributed by atoms with van der Waals surface area (Å²) >= 11 is 17.0. The molecule has 0 fully saturated rings. The van der Waals surface area contributed by atoms with Crippen LogP contribution in [-0.4, -0.2) is 0 Å². The van der Waals surface area contributed by atoms with Gasteiger partial charge in [0.25, 0.3) is 0 Å². The van der Waals surface area contributed by atoms with Crippen LogP contribution in [0.3, 0.4) is 0 Å². The Balaban J connectivity index is 1.83. The van der Waals surface area contributed by atoms with Crippen LogP contribution in [0, 0.1) is 0 Å². The van der Waals surface area contributed by atoms with Gasteiger partial charge >= 0.3 is 0 Å². The number of benzene rings is 5. The van der Waals surface area contributed by atoms with Crippen molar-refractivity contribution in [2.24, 2.45) is 0 Å². The molecular weight excluding hydrogens is 683 g/mol. The molecular formula is C42H45BrCl2N2. The number of hydrogen-bond acceptors (Lipinski definition) is 2. The second kappa shape index (κ2) is 13.3. The zero-order valence-electron chi connectivity index (χ0n) is 28.9. The SMILES string of the molecule is CC(C)(C)c1ccc(N(c2ccc(Cl)cc2)c2cc(C(C)(C)C)cc(N(c3ccc(Cl)cc3)c3cccc(C(C)(C)C)c3)c2Br)cc1. The minimum absolute atomic E-state index is 0.0120. The van der Waals surface area contributed by atoms with Crippen LogP contribution in [-0.2, 0) is 16.2 Å². The summed E-state index contributed by atoms with van der Waals surface area (Å²) < 4.78 is 0.969. The number of halogens is 3. The molecule has 5 rings (SSSR count). The topological polar surface area (TPSA) is 6.48 Å². The van der Waals surface area contributed by atoms with E-state index in [4.69, 9.17) is 23.2 Å². The van der Waals surface area contributed by atoms with Gasteiger partial charge in [0, 0.05) is 32.8 Å². The molecule has 0 N–H and O–H groups in total. The standard InChI is InChI=1S/C42H45BrCl2N2/c1-40(2,3)28-13-19-33(20-14-28)46(34-21-15-31(44)16-22-34)37-26-30(42(7,8)9)27-38(39(37)43)47(35-23-17-32(45)18-24-35)36-12-10-11-29(25-36)41(4,5)6/h10-27H,1-9H3. The fourth-order valence-electron chi connectivity index (χ4n) is 5.61. The maximum absolute atomic E-state index is 6.42. The lowest BCUT2D eigenvalue weighted by molar-refractivity contribution is 0.589. The molecule has 0 atom stereocenters. The summed E-state index contributed by atoms with van der Waals surface area (Å²) in [7, 11) is 0. The van der Waals surface area contributed by atoms with Gasteiger partial charge in [-0.15, -0.1) is 0 Å². The third kappa shape index (κ3) is 7.91. The molecule has 0 heterocycles. The molecule has 244 valence electrons. The maximum Gasteiger partial charge on any atom is 0.0657 e. The van der Waals surface area contributed by atoms with Crippen molar-refractivity contribution in [1.29, 1.82) is 0 Å². The molecule has 5 aromatic rings. The number of nitrogens with zero attached hydrogens (tertiary/aromatic N) is 2. The lowest BCUT2D eigenvalue weighted by Gasteiger charge is -2.34. The first-order valence-corrected chi connectivity index (χ1v) is 17.6. The summed E-state index contributed by atoms with van der Waals surface area (Å²) in [4.78, 5) is 4.65. The normalized spacial score (nSPS) is 12.3. The second-order valence-corrected chi connectivity index (χ2v) is 17.0. The van der Waals surface area contributed by atoms with Crippen molar-refractivity contribution in [3.05, 3.63) is 140 Å². The Morgan fingerprint density at radius 3 is 1.21 bits per heavy atom. The lowest BCUT2D eigenvalue weighted by Crippen LogP contribution is -2.19. The largest absolute Gasteiger partial charge is 0.309 e. The molecule has 0 aliphatic rings. The first-order valence-electron chi connectivity index (χ1n) is 16.1. The third-order valence-corrected chi connectivity index (χ3v) is 9.83. The summed E-state index contributed by atoms with van der Waals surface area (Å²) in [5, 5.41) is 1.40. The van der Waals surface area contributed by atoms with Gasteiger partial charge in [0.1, 0.15) is 0 Å². The first kappa shape index (κ1) is 35.1. The Morgan fingerprint density at radius 2 is 0.809 bits per heavy atom. The molecule has 0 saturated heterocycles. The van der Waals surface area contributed by atoms with E-state index >= 15 is 0 Å². The summed E-state index contributed by atoms with van der Waals surface area (Å²) in [6.07, 6.45) is 0. The van der Waals surface area contributed by atoms with Crippen molar-refractivity contribution in [1.82, 2.24) is 0 Å². The van der Waals surface area contributed by atoms with E-state index < -0.39 is 0 Å². The van der Waals surface area contributed by atoms with E-state index in [1.165, 1.54) is 16.7 Å². The molecule has 0 aliphatic heterocycles. The predicted molar refractivity (Wildman–Crippen MR) is 210 cm³/mol. The summed E-state index contributed by atoms with van der Waals surface area (Å²) in [5.74, 6) is 0. The van der Waals surface area contributed by atoms with Crippen LogP contribution in [0.2, 0.25) is 10.0 Å². The zero-order chi connectivity index (χ0) is 34.3. The molecule has 0 spiro atoms. The molecule has 5 aromatic carbocycles. The van der Waals surface area contributed by atoms with E-state index in [9.17, 15) is 0 Å². The molecule has 5 heteroatoms. The van der Waals surface area contributed by atoms with Crippen LogP contribution in [0.15, 0.2) is 114 Å². The van der Waals surface area contributed by atoms with Gasteiger partial charge in [0.05, 0.1) is 15.8 Å². The van der Waals surface area contributed by atoms with E-state index in [1.54, 1.807) is 0 Å². The van der Waals surface area contributed by atoms with Crippen LogP contribution in [0.5, 0.6) is 0 Å². The highest BCUT2D eigenvalue weighted by molar-refractivity contribution is 9.10. The monoisotopic (exact) mass is 726 g/mol. The molecule has 0 unspecified atom stereocenters. The van der Waals surface area contributed by atoms with Crippen LogP contribution >= 0.6 is 39.1 Å². The van der Waals surface area contributed by atoms with E-state index in [1.807, 2.05) is 24.3 Å². The summed E-state index contributed by atoms with van der Waals surface area (Å²) in [6, 6.07) is 38.5. The number of hydrogen-bond donors (Lipinski definition) is 0. The van der Waals surface area contributed by atoms with Crippen molar-refractivity contribution in [2.45, 2.75) is 78.6 Å². The molecule has 0 amide bonds. The molecule has 0 saturated carbocycles. The predicted octanol–water partition coefficient (Wildman–Crippen LogP) is 14.6. The zero-order valence-corrected chi connectivity index (χ0v) is 32.0. The Hall–Kier alpha value is -3.24. The average Bonchev–Trinajstić information content (AvgIpc) is 3.00. The second-order valence-electron chi connectivity index (χ2n) is 15.3. The molecule has 0 radical (unpaired) electrons. The van der Waals surface area contributed by atoms with Gasteiger partial charge in [-0.05, 0) is 134 Å².